The van der Waals surface area contributed by atoms with Crippen LogP contribution in [0.4, 0.5) is 0 Å². The van der Waals surface area contributed by atoms with E-state index in [0.29, 0.717) is 18.6 Å². The van der Waals surface area contributed by atoms with Crippen LogP contribution in [0.15, 0.2) is 53.7 Å². The minimum atomic E-state index is -3.82. The molecule has 3 atom stereocenters. The van der Waals surface area contributed by atoms with Crippen molar-refractivity contribution in [2.45, 2.75) is 43.1 Å². The van der Waals surface area contributed by atoms with Crippen molar-refractivity contribution in [3.05, 3.63) is 59.7 Å². The van der Waals surface area contributed by atoms with Gasteiger partial charge in [0.05, 0.1) is 18.4 Å². The second kappa shape index (κ2) is 10.6. The van der Waals surface area contributed by atoms with Crippen LogP contribution >= 0.6 is 0 Å². The predicted octanol–water partition coefficient (Wildman–Crippen LogP) is 2.10. The molecule has 0 bridgehead atoms. The van der Waals surface area contributed by atoms with E-state index < -0.39 is 26.6 Å². The second-order valence-corrected chi connectivity index (χ2v) is 11.1. The maximum absolute atomic E-state index is 12.2. The number of carbonyl (C=O) groups excluding carboxylic acids is 1. The summed E-state index contributed by atoms with van der Waals surface area (Å²) in [5.74, 6) is -1.00. The molecule has 3 N–H and O–H groups in total. The van der Waals surface area contributed by atoms with Gasteiger partial charge < -0.3 is 14.7 Å². The summed E-state index contributed by atoms with van der Waals surface area (Å²) in [6.07, 6.45) is 0.934. The summed E-state index contributed by atoms with van der Waals surface area (Å²) in [5.41, 5.74) is 6.05. The monoisotopic (exact) mass is 490 g/mol. The molecule has 0 saturated heterocycles. The Kier molecular flexibility index (Phi) is 8.09. The first-order valence-electron chi connectivity index (χ1n) is 10.8. The van der Waals surface area contributed by atoms with Gasteiger partial charge in [-0.25, -0.2) is 13.9 Å². The molecule has 184 valence electrons. The van der Waals surface area contributed by atoms with Gasteiger partial charge in [0, 0.05) is 32.6 Å². The number of carbonyl (C=O) groups is 1. The Balaban J connectivity index is 1.66. The smallest absolute Gasteiger partial charge is 0.264 e. The summed E-state index contributed by atoms with van der Waals surface area (Å²) >= 11 is 0. The molecule has 1 aliphatic heterocycles. The largest absolute Gasteiger partial charge is 0.394 e. The lowest BCUT2D eigenvalue weighted by molar-refractivity contribution is -0.132. The minimum absolute atomic E-state index is 0.0314. The third-order valence-corrected chi connectivity index (χ3v) is 8.24. The number of hydrogen-bond donors (Lipinski definition) is 3. The number of benzene rings is 2. The zero-order valence-corrected chi connectivity index (χ0v) is 20.2. The molecule has 3 rings (SSSR count). The molecule has 10 heteroatoms. The highest BCUT2D eigenvalue weighted by molar-refractivity contribution is 7.92. The van der Waals surface area contributed by atoms with Crippen molar-refractivity contribution < 1.29 is 33.1 Å². The summed E-state index contributed by atoms with van der Waals surface area (Å²) in [6.45, 7) is 1.23. The number of hydroxylamine groups is 1. The van der Waals surface area contributed by atoms with E-state index in [1.54, 1.807) is 7.11 Å². The minimum Gasteiger partial charge on any atom is -0.394 e. The fraction of sp³-hybridized carbons (Fsp3) is 0.417. The molecule has 2 aromatic rings. The maximum Gasteiger partial charge on any atom is 0.264 e. The number of ether oxygens (including phenoxy) is 1. The van der Waals surface area contributed by atoms with Crippen LogP contribution in [0.1, 0.15) is 30.9 Å². The van der Waals surface area contributed by atoms with Crippen LogP contribution in [0.3, 0.4) is 0 Å². The van der Waals surface area contributed by atoms with Gasteiger partial charge in [0.15, 0.2) is 14.6 Å². The Morgan fingerprint density at radius 3 is 2.24 bits per heavy atom. The topological polar surface area (TPSA) is 135 Å². The number of aliphatic hydroxyl groups is 1. The van der Waals surface area contributed by atoms with Gasteiger partial charge in [-0.1, -0.05) is 53.7 Å². The highest BCUT2D eigenvalue weighted by atomic mass is 32.2. The van der Waals surface area contributed by atoms with Gasteiger partial charge in [-0.2, -0.15) is 0 Å². The highest BCUT2D eigenvalue weighted by Gasteiger charge is 2.47. The first-order valence-corrected chi connectivity index (χ1v) is 12.7. The standard InChI is InChI=1S/C24H30N2O7S/c1-24(23(28)25-29,34(3,30)31)14-20-13-22(26-33-20)19-10-8-18(9-11-19)17-6-4-16(5-7-17)12-21(15-27)32-2/h4-11,20-21,27,29H,12-15H2,1-3H3,(H,25,28). The summed E-state index contributed by atoms with van der Waals surface area (Å²) in [5, 5.41) is 22.4. The lowest BCUT2D eigenvalue weighted by Crippen LogP contribution is -2.51. The Labute approximate surface area is 199 Å². The molecular weight excluding hydrogens is 460 g/mol. The number of aliphatic hydroxyl groups excluding tert-OH is 1. The van der Waals surface area contributed by atoms with Gasteiger partial charge in [-0.05, 0) is 29.2 Å². The normalized spacial score (nSPS) is 18.5. The Morgan fingerprint density at radius 1 is 1.18 bits per heavy atom. The maximum atomic E-state index is 12.2. The van der Waals surface area contributed by atoms with E-state index in [4.69, 9.17) is 14.8 Å². The van der Waals surface area contributed by atoms with E-state index in [0.717, 1.165) is 28.5 Å². The van der Waals surface area contributed by atoms with E-state index in [-0.39, 0.29) is 19.1 Å². The van der Waals surface area contributed by atoms with Crippen molar-refractivity contribution in [2.75, 3.05) is 20.0 Å². The molecule has 3 unspecified atom stereocenters. The van der Waals surface area contributed by atoms with Crippen LogP contribution in [-0.4, -0.2) is 67.3 Å². The number of sulfone groups is 1. The summed E-state index contributed by atoms with van der Waals surface area (Å²) < 4.78 is 27.8. The second-order valence-electron chi connectivity index (χ2n) is 8.64. The van der Waals surface area contributed by atoms with Gasteiger partial charge in [-0.3, -0.25) is 10.0 Å². The van der Waals surface area contributed by atoms with E-state index in [1.165, 1.54) is 12.4 Å². The Bertz CT molecular complexity index is 1130. The molecule has 1 aliphatic rings. The van der Waals surface area contributed by atoms with E-state index in [9.17, 15) is 18.3 Å². The molecule has 0 spiro atoms. The number of amides is 1. The molecule has 0 saturated carbocycles. The quantitative estimate of drug-likeness (QED) is 0.343. The first kappa shape index (κ1) is 25.8. The van der Waals surface area contributed by atoms with Crippen molar-refractivity contribution >= 4 is 21.5 Å². The van der Waals surface area contributed by atoms with Gasteiger partial charge in [-0.15, -0.1) is 0 Å². The average molecular weight is 491 g/mol. The number of nitrogens with zero attached hydrogens (tertiary/aromatic N) is 1. The zero-order chi connectivity index (χ0) is 24.9. The molecule has 2 aromatic carbocycles. The van der Waals surface area contributed by atoms with E-state index in [1.807, 2.05) is 48.5 Å². The molecule has 0 aromatic heterocycles. The van der Waals surface area contributed by atoms with Gasteiger partial charge >= 0.3 is 0 Å². The van der Waals surface area contributed by atoms with Crippen LogP contribution in [0.5, 0.6) is 0 Å². The van der Waals surface area contributed by atoms with Gasteiger partial charge in [0.2, 0.25) is 0 Å². The third kappa shape index (κ3) is 5.64. The van der Waals surface area contributed by atoms with Crippen LogP contribution < -0.4 is 5.48 Å². The van der Waals surface area contributed by atoms with Gasteiger partial charge in [0.25, 0.3) is 5.91 Å². The Morgan fingerprint density at radius 2 is 1.74 bits per heavy atom. The van der Waals surface area contributed by atoms with Crippen molar-refractivity contribution in [3.8, 4) is 11.1 Å². The number of hydrogen-bond acceptors (Lipinski definition) is 8. The molecule has 1 amide bonds. The summed E-state index contributed by atoms with van der Waals surface area (Å²) in [4.78, 5) is 17.5. The fourth-order valence-electron chi connectivity index (χ4n) is 3.85. The fourth-order valence-corrected chi connectivity index (χ4v) is 4.72. The SMILES string of the molecule is COC(CO)Cc1ccc(-c2ccc(C3=NOC(CC(C)(C(=O)NO)S(C)(=O)=O)C3)cc2)cc1. The van der Waals surface area contributed by atoms with Crippen molar-refractivity contribution in [3.63, 3.8) is 0 Å². The lowest BCUT2D eigenvalue weighted by Gasteiger charge is -2.26. The number of oxime groups is 1. The van der Waals surface area contributed by atoms with E-state index in [2.05, 4.69) is 5.16 Å². The third-order valence-electron chi connectivity index (χ3n) is 6.26. The lowest BCUT2D eigenvalue weighted by atomic mass is 9.95. The van der Waals surface area contributed by atoms with Crippen LogP contribution in [0.25, 0.3) is 11.1 Å². The van der Waals surface area contributed by atoms with Crippen molar-refractivity contribution in [2.24, 2.45) is 5.16 Å². The number of rotatable bonds is 10. The van der Waals surface area contributed by atoms with Crippen LogP contribution in [-0.2, 0) is 30.6 Å². The predicted molar refractivity (Wildman–Crippen MR) is 127 cm³/mol. The summed E-state index contributed by atoms with van der Waals surface area (Å²) in [7, 11) is -2.24. The van der Waals surface area contributed by atoms with Crippen molar-refractivity contribution in [1.29, 1.82) is 0 Å². The molecule has 0 fully saturated rings. The van der Waals surface area contributed by atoms with Crippen LogP contribution in [0.2, 0.25) is 0 Å². The average Bonchev–Trinajstić information content (AvgIpc) is 3.30. The molecule has 34 heavy (non-hydrogen) atoms. The van der Waals surface area contributed by atoms with E-state index >= 15 is 0 Å². The van der Waals surface area contributed by atoms with Gasteiger partial charge in [0.1, 0.15) is 6.10 Å². The number of methoxy groups -OCH3 is 1. The zero-order valence-electron chi connectivity index (χ0n) is 19.4. The van der Waals surface area contributed by atoms with Crippen LogP contribution in [0, 0.1) is 0 Å². The molecule has 0 radical (unpaired) electrons. The molecule has 9 nitrogen and oxygen atoms in total. The highest BCUT2D eigenvalue weighted by Crippen LogP contribution is 2.30. The first-order chi connectivity index (χ1) is 16.1. The Hall–Kier alpha value is -2.79. The molecule has 1 heterocycles. The van der Waals surface area contributed by atoms with Crippen molar-refractivity contribution in [1.82, 2.24) is 5.48 Å². The number of nitrogens with one attached hydrogen (secondary N) is 1. The summed E-state index contributed by atoms with van der Waals surface area (Å²) in [6, 6.07) is 15.8. The molecule has 0 aliphatic carbocycles. The molecular formula is C24H30N2O7S.